The standard InChI is InChI=1S/C27H23N3O3S/c31-25(29-26-28-23(18-34-26)20-11-5-2-6-12-20)24-15-21-13-7-8-14-22(21)16-30(24)27(32)33-17-19-9-3-1-4-10-19/h1-14,18,24H,15-17H2,(H,28,29,31)/t24-/m0/s1. The number of nitrogens with zero attached hydrogens (tertiary/aromatic N) is 2. The van der Waals surface area contributed by atoms with E-state index in [9.17, 15) is 9.59 Å². The van der Waals surface area contributed by atoms with Crippen molar-refractivity contribution in [2.75, 3.05) is 5.32 Å². The summed E-state index contributed by atoms with van der Waals surface area (Å²) in [5.41, 5.74) is 4.75. The normalized spacial score (nSPS) is 14.8. The number of amides is 2. The van der Waals surface area contributed by atoms with Crippen molar-refractivity contribution in [2.45, 2.75) is 25.6 Å². The summed E-state index contributed by atoms with van der Waals surface area (Å²) in [6.45, 7) is 0.466. The van der Waals surface area contributed by atoms with Gasteiger partial charge in [-0.15, -0.1) is 11.3 Å². The number of nitrogens with one attached hydrogen (secondary N) is 1. The Morgan fingerprint density at radius 2 is 1.62 bits per heavy atom. The zero-order chi connectivity index (χ0) is 23.3. The topological polar surface area (TPSA) is 71.5 Å². The number of carbonyl (C=O) groups excluding carboxylic acids is 2. The number of thiazole rings is 1. The summed E-state index contributed by atoms with van der Waals surface area (Å²) >= 11 is 1.36. The number of ether oxygens (including phenoxy) is 1. The third kappa shape index (κ3) is 4.84. The fourth-order valence-electron chi connectivity index (χ4n) is 4.01. The van der Waals surface area contributed by atoms with E-state index in [1.54, 1.807) is 0 Å². The molecule has 0 aliphatic carbocycles. The Labute approximate surface area is 201 Å². The second kappa shape index (κ2) is 9.89. The lowest BCUT2D eigenvalue weighted by Gasteiger charge is -2.35. The smallest absolute Gasteiger partial charge is 0.411 e. The Kier molecular flexibility index (Phi) is 6.35. The highest BCUT2D eigenvalue weighted by Gasteiger charge is 2.36. The Balaban J connectivity index is 1.33. The summed E-state index contributed by atoms with van der Waals surface area (Å²) in [7, 11) is 0. The van der Waals surface area contributed by atoms with Crippen LogP contribution in [0.2, 0.25) is 0 Å². The molecule has 5 rings (SSSR count). The molecule has 34 heavy (non-hydrogen) atoms. The maximum Gasteiger partial charge on any atom is 0.411 e. The highest BCUT2D eigenvalue weighted by atomic mass is 32.1. The molecule has 0 saturated carbocycles. The minimum absolute atomic E-state index is 0.152. The highest BCUT2D eigenvalue weighted by molar-refractivity contribution is 7.14. The molecule has 7 heteroatoms. The van der Waals surface area contributed by atoms with Gasteiger partial charge in [-0.05, 0) is 16.7 Å². The van der Waals surface area contributed by atoms with Crippen LogP contribution in [0.5, 0.6) is 0 Å². The van der Waals surface area contributed by atoms with Crippen LogP contribution in [0.3, 0.4) is 0 Å². The first kappa shape index (κ1) is 21.9. The van der Waals surface area contributed by atoms with Crippen LogP contribution in [0.25, 0.3) is 11.3 Å². The molecule has 1 N–H and O–H groups in total. The van der Waals surface area contributed by atoms with Gasteiger partial charge in [0.05, 0.1) is 12.2 Å². The van der Waals surface area contributed by atoms with Crippen molar-refractivity contribution in [3.63, 3.8) is 0 Å². The van der Waals surface area contributed by atoms with Crippen LogP contribution < -0.4 is 5.32 Å². The quantitative estimate of drug-likeness (QED) is 0.418. The van der Waals surface area contributed by atoms with Crippen LogP contribution >= 0.6 is 11.3 Å². The van der Waals surface area contributed by atoms with Crippen molar-refractivity contribution >= 4 is 28.5 Å². The van der Waals surface area contributed by atoms with E-state index in [2.05, 4.69) is 10.3 Å². The van der Waals surface area contributed by atoms with E-state index in [1.807, 2.05) is 90.3 Å². The molecule has 1 atom stereocenters. The maximum atomic E-state index is 13.3. The third-order valence-electron chi connectivity index (χ3n) is 5.79. The largest absolute Gasteiger partial charge is 0.445 e. The summed E-state index contributed by atoms with van der Waals surface area (Å²) < 4.78 is 5.57. The average Bonchev–Trinajstić information content (AvgIpc) is 3.36. The molecule has 4 aromatic rings. The molecule has 2 heterocycles. The highest BCUT2D eigenvalue weighted by Crippen LogP contribution is 2.28. The molecule has 6 nitrogen and oxygen atoms in total. The van der Waals surface area contributed by atoms with Gasteiger partial charge in [-0.25, -0.2) is 9.78 Å². The monoisotopic (exact) mass is 469 g/mol. The van der Waals surface area contributed by atoms with Gasteiger partial charge in [-0.1, -0.05) is 84.9 Å². The van der Waals surface area contributed by atoms with Gasteiger partial charge < -0.3 is 10.1 Å². The van der Waals surface area contributed by atoms with Crippen LogP contribution in [0.15, 0.2) is 90.3 Å². The number of hydrogen-bond donors (Lipinski definition) is 1. The molecule has 3 aromatic carbocycles. The number of carbonyl (C=O) groups is 2. The van der Waals surface area contributed by atoms with Crippen molar-refractivity contribution in [2.24, 2.45) is 0 Å². The van der Waals surface area contributed by atoms with Crippen molar-refractivity contribution in [1.82, 2.24) is 9.88 Å². The summed E-state index contributed by atoms with van der Waals surface area (Å²) in [6, 6.07) is 26.5. The first-order chi connectivity index (χ1) is 16.7. The molecule has 0 radical (unpaired) electrons. The van der Waals surface area contributed by atoms with Gasteiger partial charge in [0, 0.05) is 17.4 Å². The molecular weight excluding hydrogens is 446 g/mol. The second-order valence-corrected chi connectivity index (χ2v) is 8.91. The number of hydrogen-bond acceptors (Lipinski definition) is 5. The fourth-order valence-corrected chi connectivity index (χ4v) is 4.74. The number of rotatable bonds is 5. The van der Waals surface area contributed by atoms with Crippen molar-refractivity contribution in [1.29, 1.82) is 0 Å². The molecule has 1 aliphatic rings. The van der Waals surface area contributed by atoms with E-state index in [4.69, 9.17) is 4.74 Å². The maximum absolute atomic E-state index is 13.3. The lowest BCUT2D eigenvalue weighted by molar-refractivity contribution is -0.121. The molecule has 1 aromatic heterocycles. The second-order valence-electron chi connectivity index (χ2n) is 8.05. The summed E-state index contributed by atoms with van der Waals surface area (Å²) in [6.07, 6.45) is -0.0954. The summed E-state index contributed by atoms with van der Waals surface area (Å²) in [5, 5.41) is 5.32. The van der Waals surface area contributed by atoms with Gasteiger partial charge >= 0.3 is 6.09 Å². The summed E-state index contributed by atoms with van der Waals surface area (Å²) in [5.74, 6) is -0.278. The molecule has 0 fully saturated rings. The summed E-state index contributed by atoms with van der Waals surface area (Å²) in [4.78, 5) is 32.4. The van der Waals surface area contributed by atoms with E-state index in [-0.39, 0.29) is 12.5 Å². The van der Waals surface area contributed by atoms with Crippen LogP contribution in [0.1, 0.15) is 16.7 Å². The van der Waals surface area contributed by atoms with Crippen molar-refractivity contribution in [3.05, 3.63) is 107 Å². The number of fused-ring (bicyclic) bond motifs is 1. The Morgan fingerprint density at radius 3 is 2.38 bits per heavy atom. The molecule has 0 unspecified atom stereocenters. The molecule has 0 spiro atoms. The lowest BCUT2D eigenvalue weighted by atomic mass is 9.94. The van der Waals surface area contributed by atoms with Gasteiger partial charge in [0.1, 0.15) is 12.6 Å². The number of aromatic nitrogens is 1. The van der Waals surface area contributed by atoms with E-state index in [0.717, 1.165) is 27.9 Å². The predicted octanol–water partition coefficient (Wildman–Crippen LogP) is 5.51. The van der Waals surface area contributed by atoms with Gasteiger partial charge in [-0.3, -0.25) is 9.69 Å². The first-order valence-electron chi connectivity index (χ1n) is 11.0. The van der Waals surface area contributed by atoms with Crippen LogP contribution in [0.4, 0.5) is 9.93 Å². The van der Waals surface area contributed by atoms with Gasteiger partial charge in [0.15, 0.2) is 5.13 Å². The number of anilines is 1. The minimum atomic E-state index is -0.692. The Hall–Kier alpha value is -3.97. The van der Waals surface area contributed by atoms with Crippen molar-refractivity contribution < 1.29 is 14.3 Å². The van der Waals surface area contributed by atoms with Crippen LogP contribution in [-0.4, -0.2) is 27.9 Å². The van der Waals surface area contributed by atoms with Gasteiger partial charge in [0.2, 0.25) is 5.91 Å². The SMILES string of the molecule is O=C(Nc1nc(-c2ccccc2)cs1)[C@@H]1Cc2ccccc2CN1C(=O)OCc1ccccc1. The molecule has 0 bridgehead atoms. The Morgan fingerprint density at radius 1 is 0.941 bits per heavy atom. The van der Waals surface area contributed by atoms with Gasteiger partial charge in [-0.2, -0.15) is 0 Å². The third-order valence-corrected chi connectivity index (χ3v) is 6.55. The molecule has 2 amide bonds. The lowest BCUT2D eigenvalue weighted by Crippen LogP contribution is -2.50. The Bertz CT molecular complexity index is 1290. The predicted molar refractivity (Wildman–Crippen MR) is 132 cm³/mol. The first-order valence-corrected chi connectivity index (χ1v) is 11.9. The molecule has 1 aliphatic heterocycles. The van der Waals surface area contributed by atoms with Gasteiger partial charge in [0.25, 0.3) is 0 Å². The van der Waals surface area contributed by atoms with E-state index < -0.39 is 12.1 Å². The fraction of sp³-hybridized carbons (Fsp3) is 0.148. The van der Waals surface area contributed by atoms with E-state index in [1.165, 1.54) is 16.2 Å². The minimum Gasteiger partial charge on any atom is -0.445 e. The molecule has 0 saturated heterocycles. The van der Waals surface area contributed by atoms with Crippen LogP contribution in [-0.2, 0) is 29.1 Å². The zero-order valence-corrected chi connectivity index (χ0v) is 19.2. The molecule has 170 valence electrons. The number of benzene rings is 3. The van der Waals surface area contributed by atoms with E-state index in [0.29, 0.717) is 18.1 Å². The average molecular weight is 470 g/mol. The van der Waals surface area contributed by atoms with E-state index >= 15 is 0 Å². The van der Waals surface area contributed by atoms with Crippen LogP contribution in [0, 0.1) is 0 Å². The van der Waals surface area contributed by atoms with Crippen molar-refractivity contribution in [3.8, 4) is 11.3 Å². The molecular formula is C27H23N3O3S. The zero-order valence-electron chi connectivity index (χ0n) is 18.4.